The topological polar surface area (TPSA) is 16.1 Å². The van der Waals surface area contributed by atoms with E-state index in [1.807, 2.05) is 12.1 Å². The second kappa shape index (κ2) is 4.46. The van der Waals surface area contributed by atoms with Crippen LogP contribution in [-0.2, 0) is 0 Å². The molecule has 0 aliphatic carbocycles. The molecule has 1 aliphatic heterocycles. The van der Waals surface area contributed by atoms with Gasteiger partial charge in [-0.1, -0.05) is 48.0 Å². The van der Waals surface area contributed by atoms with Crippen LogP contribution < -0.4 is 4.90 Å². The second-order valence-electron chi connectivity index (χ2n) is 5.90. The number of hydrogen-bond donors (Lipinski definition) is 0. The molecule has 5 rings (SSSR count). The molecule has 0 saturated heterocycles. The summed E-state index contributed by atoms with van der Waals surface area (Å²) >= 11 is 6.19. The summed E-state index contributed by atoms with van der Waals surface area (Å²) in [6.07, 6.45) is 0. The van der Waals surface area contributed by atoms with Gasteiger partial charge < -0.3 is 4.90 Å². The lowest BCUT2D eigenvalue weighted by Gasteiger charge is -2.30. The van der Waals surface area contributed by atoms with Crippen molar-refractivity contribution in [1.82, 2.24) is 4.98 Å². The van der Waals surface area contributed by atoms with E-state index in [0.29, 0.717) is 5.02 Å². The Kier molecular flexibility index (Phi) is 2.51. The predicted octanol–water partition coefficient (Wildman–Crippen LogP) is 5.79. The van der Waals surface area contributed by atoms with Crippen LogP contribution in [0.25, 0.3) is 32.9 Å². The van der Waals surface area contributed by atoms with E-state index in [1.54, 1.807) is 0 Å². The van der Waals surface area contributed by atoms with Crippen molar-refractivity contribution >= 4 is 44.7 Å². The minimum absolute atomic E-state index is 0.717. The number of nitrogens with zero attached hydrogens (tertiary/aromatic N) is 2. The number of halogens is 1. The van der Waals surface area contributed by atoms with E-state index in [0.717, 1.165) is 16.6 Å². The van der Waals surface area contributed by atoms with Crippen molar-refractivity contribution in [3.63, 3.8) is 0 Å². The van der Waals surface area contributed by atoms with E-state index in [2.05, 4.69) is 60.5 Å². The molecule has 3 aromatic carbocycles. The number of rotatable bonds is 0. The third kappa shape index (κ3) is 1.67. The highest BCUT2D eigenvalue weighted by Gasteiger charge is 2.24. The molecule has 3 heteroatoms. The minimum atomic E-state index is 0.717. The predicted molar refractivity (Wildman–Crippen MR) is 97.8 cm³/mol. The maximum atomic E-state index is 6.19. The summed E-state index contributed by atoms with van der Waals surface area (Å²) in [6, 6.07) is 20.8. The fourth-order valence-corrected chi connectivity index (χ4v) is 3.75. The summed E-state index contributed by atoms with van der Waals surface area (Å²) in [4.78, 5) is 7.20. The van der Waals surface area contributed by atoms with Crippen molar-refractivity contribution in [3.05, 3.63) is 65.7 Å². The molecule has 110 valence electrons. The van der Waals surface area contributed by atoms with Gasteiger partial charge in [-0.15, -0.1) is 0 Å². The Morgan fingerprint density at radius 2 is 1.70 bits per heavy atom. The van der Waals surface area contributed by atoms with E-state index >= 15 is 0 Å². The average molecular weight is 317 g/mol. The van der Waals surface area contributed by atoms with Crippen LogP contribution >= 0.6 is 11.6 Å². The van der Waals surface area contributed by atoms with Gasteiger partial charge in [-0.2, -0.15) is 0 Å². The van der Waals surface area contributed by atoms with E-state index in [-0.39, 0.29) is 0 Å². The summed E-state index contributed by atoms with van der Waals surface area (Å²) in [7, 11) is 2.11. The van der Waals surface area contributed by atoms with E-state index in [1.165, 1.54) is 27.7 Å². The van der Waals surface area contributed by atoms with Crippen LogP contribution in [0.15, 0.2) is 60.7 Å². The maximum Gasteiger partial charge on any atom is 0.0830 e. The van der Waals surface area contributed by atoms with E-state index in [4.69, 9.17) is 16.6 Å². The molecule has 0 unspecified atom stereocenters. The number of hydrogen-bond acceptors (Lipinski definition) is 2. The van der Waals surface area contributed by atoms with Crippen molar-refractivity contribution in [2.24, 2.45) is 0 Å². The molecule has 0 saturated carbocycles. The highest BCUT2D eigenvalue weighted by Crippen LogP contribution is 2.47. The number of benzene rings is 3. The zero-order valence-electron chi connectivity index (χ0n) is 12.5. The van der Waals surface area contributed by atoms with Gasteiger partial charge in [-0.25, -0.2) is 4.98 Å². The van der Waals surface area contributed by atoms with Crippen LogP contribution in [0.4, 0.5) is 11.4 Å². The van der Waals surface area contributed by atoms with Crippen LogP contribution in [-0.4, -0.2) is 12.0 Å². The molecule has 0 atom stereocenters. The smallest absolute Gasteiger partial charge is 0.0830 e. The standard InChI is InChI=1S/C20H13ClN2/c1-23-17-7-3-2-5-15(17)20-19-14(6-4-8-18(19)23)13-10-9-12(21)11-16(13)22-20/h2-11H,1H3. The highest BCUT2D eigenvalue weighted by molar-refractivity contribution is 6.31. The van der Waals surface area contributed by atoms with Gasteiger partial charge in [-0.3, -0.25) is 0 Å². The molecule has 4 aromatic rings. The number of anilines is 2. The molecular formula is C20H13ClN2. The number of aromatic nitrogens is 1. The van der Waals surface area contributed by atoms with Crippen molar-refractivity contribution in [3.8, 4) is 11.3 Å². The van der Waals surface area contributed by atoms with Crippen molar-refractivity contribution in [2.75, 3.05) is 11.9 Å². The molecule has 23 heavy (non-hydrogen) atoms. The number of fused-ring (bicyclic) bond motifs is 4. The lowest BCUT2D eigenvalue weighted by Crippen LogP contribution is -2.15. The fraction of sp³-hybridized carbons (Fsp3) is 0.0500. The summed E-state index contributed by atoms with van der Waals surface area (Å²) in [5.74, 6) is 0. The summed E-state index contributed by atoms with van der Waals surface area (Å²) in [5.41, 5.74) is 5.53. The van der Waals surface area contributed by atoms with Crippen LogP contribution in [0, 0.1) is 0 Å². The Balaban J connectivity index is 2.06. The molecule has 2 heterocycles. The zero-order chi connectivity index (χ0) is 15.6. The third-order valence-electron chi connectivity index (χ3n) is 4.64. The Hall–Kier alpha value is -2.58. The van der Waals surface area contributed by atoms with Gasteiger partial charge >= 0.3 is 0 Å². The lowest BCUT2D eigenvalue weighted by molar-refractivity contribution is 1.20. The van der Waals surface area contributed by atoms with Gasteiger partial charge in [0.2, 0.25) is 0 Å². The molecule has 0 N–H and O–H groups in total. The van der Waals surface area contributed by atoms with E-state index in [9.17, 15) is 0 Å². The minimum Gasteiger partial charge on any atom is -0.343 e. The van der Waals surface area contributed by atoms with Crippen molar-refractivity contribution in [2.45, 2.75) is 0 Å². The van der Waals surface area contributed by atoms with Gasteiger partial charge in [0.15, 0.2) is 0 Å². The Labute approximate surface area is 138 Å². The quantitative estimate of drug-likeness (QED) is 0.382. The summed E-state index contributed by atoms with van der Waals surface area (Å²) in [5, 5.41) is 4.29. The Bertz CT molecular complexity index is 1100. The molecular weight excluding hydrogens is 304 g/mol. The first kappa shape index (κ1) is 12.9. The Morgan fingerprint density at radius 3 is 2.61 bits per heavy atom. The lowest BCUT2D eigenvalue weighted by atomic mass is 9.94. The molecule has 0 amide bonds. The second-order valence-corrected chi connectivity index (χ2v) is 6.33. The largest absolute Gasteiger partial charge is 0.343 e. The molecule has 0 fully saturated rings. The number of pyridine rings is 1. The Morgan fingerprint density at radius 1 is 0.870 bits per heavy atom. The fourth-order valence-electron chi connectivity index (χ4n) is 3.59. The third-order valence-corrected chi connectivity index (χ3v) is 4.88. The molecule has 0 radical (unpaired) electrons. The first-order chi connectivity index (χ1) is 11.2. The van der Waals surface area contributed by atoms with Gasteiger partial charge in [0.25, 0.3) is 0 Å². The van der Waals surface area contributed by atoms with Gasteiger partial charge in [0.1, 0.15) is 0 Å². The molecule has 1 aromatic heterocycles. The molecule has 0 bridgehead atoms. The van der Waals surface area contributed by atoms with Gasteiger partial charge in [0, 0.05) is 28.4 Å². The number of para-hydroxylation sites is 1. The summed E-state index contributed by atoms with van der Waals surface area (Å²) in [6.45, 7) is 0. The van der Waals surface area contributed by atoms with Gasteiger partial charge in [0.05, 0.1) is 22.6 Å². The maximum absolute atomic E-state index is 6.19. The monoisotopic (exact) mass is 316 g/mol. The van der Waals surface area contributed by atoms with E-state index < -0.39 is 0 Å². The zero-order valence-corrected chi connectivity index (χ0v) is 13.3. The SMILES string of the molecule is CN1c2ccccc2-c2nc3cc(Cl)ccc3c3cccc1c23. The highest BCUT2D eigenvalue weighted by atomic mass is 35.5. The van der Waals surface area contributed by atoms with Crippen molar-refractivity contribution in [1.29, 1.82) is 0 Å². The normalized spacial score (nSPS) is 12.7. The molecule has 1 aliphatic rings. The van der Waals surface area contributed by atoms with Crippen LogP contribution in [0.2, 0.25) is 5.02 Å². The van der Waals surface area contributed by atoms with Crippen molar-refractivity contribution < 1.29 is 0 Å². The average Bonchev–Trinajstić information content (AvgIpc) is 2.59. The van der Waals surface area contributed by atoms with Crippen LogP contribution in [0.3, 0.4) is 0 Å². The molecule has 2 nitrogen and oxygen atoms in total. The first-order valence-corrected chi connectivity index (χ1v) is 7.97. The molecule has 0 spiro atoms. The summed E-state index contributed by atoms with van der Waals surface area (Å²) < 4.78 is 0. The van der Waals surface area contributed by atoms with Gasteiger partial charge in [-0.05, 0) is 29.7 Å². The van der Waals surface area contributed by atoms with Crippen LogP contribution in [0.1, 0.15) is 0 Å². The first-order valence-electron chi connectivity index (χ1n) is 7.59. The van der Waals surface area contributed by atoms with Crippen LogP contribution in [0.5, 0.6) is 0 Å².